The second kappa shape index (κ2) is 3.59. The summed E-state index contributed by atoms with van der Waals surface area (Å²) in [4.78, 5) is 13.1. The van der Waals surface area contributed by atoms with E-state index in [1.807, 2.05) is 0 Å². The minimum absolute atomic E-state index is 0.251. The Kier molecular flexibility index (Phi) is 2.69. The Hall–Kier alpha value is -1.33. The van der Waals surface area contributed by atoms with E-state index in [0.717, 1.165) is 0 Å². The molecule has 1 aromatic heterocycles. The van der Waals surface area contributed by atoms with Crippen LogP contribution >= 0.6 is 0 Å². The molecule has 1 rings (SSSR count). The summed E-state index contributed by atoms with van der Waals surface area (Å²) in [5, 5.41) is 18.2. The maximum absolute atomic E-state index is 10.9. The van der Waals surface area contributed by atoms with Crippen molar-refractivity contribution in [2.75, 3.05) is 0 Å². The van der Waals surface area contributed by atoms with Gasteiger partial charge < -0.3 is 15.9 Å². The highest BCUT2D eigenvalue weighted by atomic mass is 16.3. The second-order valence-corrected chi connectivity index (χ2v) is 2.93. The van der Waals surface area contributed by atoms with Crippen molar-refractivity contribution in [3.8, 4) is 5.88 Å². The third kappa shape index (κ3) is 2.30. The number of aromatic nitrogens is 1. The maximum atomic E-state index is 10.9. The molecule has 13 heavy (non-hydrogen) atoms. The van der Waals surface area contributed by atoms with Crippen LogP contribution in [0.15, 0.2) is 16.9 Å². The lowest BCUT2D eigenvalue weighted by molar-refractivity contribution is 0.164. The third-order valence-corrected chi connectivity index (χ3v) is 1.76. The fourth-order valence-electron chi connectivity index (χ4n) is 1.02. The Morgan fingerprint density at radius 3 is 2.62 bits per heavy atom. The largest absolute Gasteiger partial charge is 0.495 e. The first-order valence-electron chi connectivity index (χ1n) is 3.87. The standard InChI is InChI=1S/C8H12N2O3/c1-4(11)8(9)5-2-6(12)10-7(13)3-5/h2-4,8,11H,9H2,1H3,(H2,10,12,13). The quantitative estimate of drug-likeness (QED) is 0.496. The van der Waals surface area contributed by atoms with E-state index in [4.69, 9.17) is 15.9 Å². The molecule has 1 heterocycles. The van der Waals surface area contributed by atoms with Crippen LogP contribution in [0, 0.1) is 0 Å². The van der Waals surface area contributed by atoms with Gasteiger partial charge in [-0.1, -0.05) is 0 Å². The van der Waals surface area contributed by atoms with Gasteiger partial charge in [0.05, 0.1) is 12.1 Å². The van der Waals surface area contributed by atoms with Crippen LogP contribution in [0.2, 0.25) is 0 Å². The van der Waals surface area contributed by atoms with Crippen molar-refractivity contribution in [3.05, 3.63) is 28.0 Å². The number of aliphatic hydroxyl groups is 1. The van der Waals surface area contributed by atoms with E-state index in [-0.39, 0.29) is 5.88 Å². The Morgan fingerprint density at radius 1 is 1.54 bits per heavy atom. The Labute approximate surface area is 74.8 Å². The van der Waals surface area contributed by atoms with E-state index < -0.39 is 17.7 Å². The number of aromatic hydroxyl groups is 1. The number of rotatable bonds is 2. The fourth-order valence-corrected chi connectivity index (χ4v) is 1.02. The van der Waals surface area contributed by atoms with E-state index in [1.165, 1.54) is 19.1 Å². The molecule has 2 atom stereocenters. The van der Waals surface area contributed by atoms with Gasteiger partial charge in [-0.15, -0.1) is 0 Å². The average molecular weight is 184 g/mol. The highest BCUT2D eigenvalue weighted by molar-refractivity contribution is 5.23. The molecule has 5 N–H and O–H groups in total. The molecule has 72 valence electrons. The van der Waals surface area contributed by atoms with Crippen molar-refractivity contribution in [1.29, 1.82) is 0 Å². The number of hydrogen-bond acceptors (Lipinski definition) is 4. The molecule has 0 spiro atoms. The zero-order chi connectivity index (χ0) is 10.0. The van der Waals surface area contributed by atoms with E-state index in [0.29, 0.717) is 5.56 Å². The second-order valence-electron chi connectivity index (χ2n) is 2.93. The highest BCUT2D eigenvalue weighted by Gasteiger charge is 2.13. The van der Waals surface area contributed by atoms with Gasteiger partial charge in [0.25, 0.3) is 5.56 Å². The van der Waals surface area contributed by atoms with Gasteiger partial charge in [-0.05, 0) is 12.5 Å². The molecule has 0 bridgehead atoms. The normalized spacial score (nSPS) is 15.3. The Morgan fingerprint density at radius 2 is 2.15 bits per heavy atom. The maximum Gasteiger partial charge on any atom is 0.251 e. The Balaban J connectivity index is 3.08. The summed E-state index contributed by atoms with van der Waals surface area (Å²) in [6, 6.07) is 1.91. The van der Waals surface area contributed by atoms with Crippen molar-refractivity contribution >= 4 is 0 Å². The first-order chi connectivity index (χ1) is 6.00. The number of aliphatic hydroxyl groups excluding tert-OH is 1. The summed E-state index contributed by atoms with van der Waals surface area (Å²) >= 11 is 0. The first kappa shape index (κ1) is 9.76. The number of pyridine rings is 1. The molecule has 0 saturated carbocycles. The molecule has 0 fully saturated rings. The van der Waals surface area contributed by atoms with E-state index in [9.17, 15) is 4.79 Å². The van der Waals surface area contributed by atoms with Crippen LogP contribution in [-0.4, -0.2) is 21.3 Å². The highest BCUT2D eigenvalue weighted by Crippen LogP contribution is 2.14. The summed E-state index contributed by atoms with van der Waals surface area (Å²) in [6.45, 7) is 1.52. The van der Waals surface area contributed by atoms with Crippen LogP contribution in [0.1, 0.15) is 18.5 Å². The molecule has 0 aliphatic carbocycles. The number of hydrogen-bond donors (Lipinski definition) is 4. The predicted molar refractivity (Wildman–Crippen MR) is 47.3 cm³/mol. The molecule has 0 aliphatic rings. The molecule has 0 radical (unpaired) electrons. The fraction of sp³-hybridized carbons (Fsp3) is 0.375. The van der Waals surface area contributed by atoms with Gasteiger partial charge in [0.2, 0.25) is 0 Å². The molecule has 1 aromatic rings. The van der Waals surface area contributed by atoms with E-state index in [1.54, 1.807) is 0 Å². The van der Waals surface area contributed by atoms with Crippen LogP contribution in [0.3, 0.4) is 0 Å². The lowest BCUT2D eigenvalue weighted by atomic mass is 10.1. The van der Waals surface area contributed by atoms with E-state index in [2.05, 4.69) is 4.98 Å². The van der Waals surface area contributed by atoms with Gasteiger partial charge in [-0.25, -0.2) is 0 Å². The SMILES string of the molecule is CC(O)C(N)c1cc(O)[nH]c(=O)c1. The Bertz CT molecular complexity index is 345. The number of nitrogens with one attached hydrogen (secondary N) is 1. The van der Waals surface area contributed by atoms with Crippen LogP contribution in [0.4, 0.5) is 0 Å². The van der Waals surface area contributed by atoms with Gasteiger partial charge in [0.1, 0.15) is 0 Å². The minimum atomic E-state index is -0.763. The van der Waals surface area contributed by atoms with Crippen LogP contribution < -0.4 is 11.3 Å². The zero-order valence-electron chi connectivity index (χ0n) is 7.19. The van der Waals surface area contributed by atoms with Crippen molar-refractivity contribution in [2.24, 2.45) is 5.73 Å². The van der Waals surface area contributed by atoms with Gasteiger partial charge in [-0.3, -0.25) is 9.78 Å². The van der Waals surface area contributed by atoms with Gasteiger partial charge in [-0.2, -0.15) is 0 Å². The molecule has 2 unspecified atom stereocenters. The van der Waals surface area contributed by atoms with Gasteiger partial charge >= 0.3 is 0 Å². The van der Waals surface area contributed by atoms with Crippen LogP contribution in [-0.2, 0) is 0 Å². The average Bonchev–Trinajstić information content (AvgIpc) is 2.01. The van der Waals surface area contributed by atoms with Gasteiger partial charge in [0, 0.05) is 12.1 Å². The molecular weight excluding hydrogens is 172 g/mol. The molecule has 0 saturated heterocycles. The molecule has 0 aromatic carbocycles. The number of nitrogens with two attached hydrogens (primary N) is 1. The van der Waals surface area contributed by atoms with Crippen LogP contribution in [0.25, 0.3) is 0 Å². The summed E-state index contributed by atoms with van der Waals surface area (Å²) in [5.41, 5.74) is 5.54. The van der Waals surface area contributed by atoms with Gasteiger partial charge in [0.15, 0.2) is 5.88 Å². The minimum Gasteiger partial charge on any atom is -0.495 e. The van der Waals surface area contributed by atoms with Crippen molar-refractivity contribution in [3.63, 3.8) is 0 Å². The monoisotopic (exact) mass is 184 g/mol. The van der Waals surface area contributed by atoms with Crippen molar-refractivity contribution in [2.45, 2.75) is 19.1 Å². The smallest absolute Gasteiger partial charge is 0.251 e. The summed E-state index contributed by atoms with van der Waals surface area (Å²) in [7, 11) is 0. The van der Waals surface area contributed by atoms with Crippen LogP contribution in [0.5, 0.6) is 5.88 Å². The molecule has 5 heteroatoms. The van der Waals surface area contributed by atoms with E-state index >= 15 is 0 Å². The lowest BCUT2D eigenvalue weighted by Crippen LogP contribution is -2.24. The molecule has 0 aliphatic heterocycles. The number of aromatic amines is 1. The summed E-state index contributed by atoms with van der Waals surface area (Å²) in [6.07, 6.45) is -0.763. The lowest BCUT2D eigenvalue weighted by Gasteiger charge is -2.14. The summed E-state index contributed by atoms with van der Waals surface area (Å²) in [5.74, 6) is -0.251. The first-order valence-corrected chi connectivity index (χ1v) is 3.87. The van der Waals surface area contributed by atoms with Crippen molar-refractivity contribution in [1.82, 2.24) is 4.98 Å². The molecular formula is C8H12N2O3. The third-order valence-electron chi connectivity index (χ3n) is 1.76. The zero-order valence-corrected chi connectivity index (χ0v) is 7.19. The number of H-pyrrole nitrogens is 1. The topological polar surface area (TPSA) is 99.3 Å². The molecule has 0 amide bonds. The van der Waals surface area contributed by atoms with Crippen molar-refractivity contribution < 1.29 is 10.2 Å². The predicted octanol–water partition coefficient (Wildman–Crippen LogP) is -0.539. The molecule has 5 nitrogen and oxygen atoms in total. The summed E-state index contributed by atoms with van der Waals surface area (Å²) < 4.78 is 0.